The van der Waals surface area contributed by atoms with Crippen LogP contribution in [0.15, 0.2) is 18.2 Å². The molecule has 0 aliphatic heterocycles. The number of benzene rings is 1. The van der Waals surface area contributed by atoms with Gasteiger partial charge in [-0.1, -0.05) is 17.7 Å². The Morgan fingerprint density at radius 2 is 1.96 bits per heavy atom. The molecule has 0 radical (unpaired) electrons. The van der Waals surface area contributed by atoms with Gasteiger partial charge in [0.15, 0.2) is 0 Å². The number of nitrogens with one attached hydrogen (secondary N) is 2. The zero-order valence-electron chi connectivity index (χ0n) is 13.9. The predicted octanol–water partition coefficient (Wildman–Crippen LogP) is 2.44. The number of rotatable bonds is 7. The smallest absolute Gasteiger partial charge is 0.240 e. The van der Waals surface area contributed by atoms with Crippen LogP contribution in [0.3, 0.4) is 0 Å². The van der Waals surface area contributed by atoms with E-state index in [0.717, 1.165) is 18.5 Å². The summed E-state index contributed by atoms with van der Waals surface area (Å²) in [4.78, 5) is 26.9. The van der Waals surface area contributed by atoms with Crippen LogP contribution in [0.4, 0.5) is 5.69 Å². The summed E-state index contributed by atoms with van der Waals surface area (Å²) in [6.07, 6.45) is 2.06. The number of hydrogen-bond acceptors (Lipinski definition) is 3. The highest BCUT2D eigenvalue weighted by Crippen LogP contribution is 2.47. The number of halogens is 1. The van der Waals surface area contributed by atoms with Crippen molar-refractivity contribution in [3.8, 4) is 0 Å². The lowest BCUT2D eigenvalue weighted by molar-refractivity contribution is -0.134. The first kappa shape index (κ1) is 17.8. The Bertz CT molecular complexity index is 598. The average molecular weight is 338 g/mol. The van der Waals surface area contributed by atoms with Gasteiger partial charge in [-0.15, -0.1) is 0 Å². The van der Waals surface area contributed by atoms with E-state index in [-0.39, 0.29) is 11.8 Å². The summed E-state index contributed by atoms with van der Waals surface area (Å²) in [6, 6.07) is 5.35. The predicted molar refractivity (Wildman–Crippen MR) is 92.7 cm³/mol. The van der Waals surface area contributed by atoms with Crippen molar-refractivity contribution in [3.63, 3.8) is 0 Å². The molecule has 23 heavy (non-hydrogen) atoms. The van der Waals surface area contributed by atoms with E-state index in [0.29, 0.717) is 30.1 Å². The van der Waals surface area contributed by atoms with E-state index in [1.54, 1.807) is 18.2 Å². The van der Waals surface area contributed by atoms with E-state index in [2.05, 4.69) is 15.5 Å². The van der Waals surface area contributed by atoms with Gasteiger partial charge in [0.2, 0.25) is 11.8 Å². The molecule has 6 heteroatoms. The molecule has 0 spiro atoms. The molecule has 2 N–H and O–H groups in total. The van der Waals surface area contributed by atoms with Gasteiger partial charge in [-0.05, 0) is 64.5 Å². The van der Waals surface area contributed by atoms with Gasteiger partial charge in [0, 0.05) is 17.3 Å². The second kappa shape index (κ2) is 7.32. The van der Waals surface area contributed by atoms with E-state index in [1.165, 1.54) is 0 Å². The van der Waals surface area contributed by atoms with Crippen molar-refractivity contribution < 1.29 is 9.59 Å². The molecule has 2 amide bonds. The Morgan fingerprint density at radius 3 is 2.57 bits per heavy atom. The zero-order chi connectivity index (χ0) is 17.0. The second-order valence-corrected chi connectivity index (χ2v) is 6.77. The maximum atomic E-state index is 12.5. The highest BCUT2D eigenvalue weighted by atomic mass is 35.5. The summed E-state index contributed by atoms with van der Waals surface area (Å²) in [6.45, 7) is 3.34. The first-order valence-electron chi connectivity index (χ1n) is 7.86. The van der Waals surface area contributed by atoms with Gasteiger partial charge in [0.1, 0.15) is 5.41 Å². The highest BCUT2D eigenvalue weighted by molar-refractivity contribution is 6.31. The molecule has 0 unspecified atom stereocenters. The van der Waals surface area contributed by atoms with Gasteiger partial charge in [-0.25, -0.2) is 0 Å². The fraction of sp³-hybridized carbons (Fsp3) is 0.529. The van der Waals surface area contributed by atoms with Crippen molar-refractivity contribution in [1.82, 2.24) is 10.2 Å². The lowest BCUT2D eigenvalue weighted by atomic mass is 10.0. The minimum absolute atomic E-state index is 0.173. The van der Waals surface area contributed by atoms with Gasteiger partial charge in [0.25, 0.3) is 0 Å². The number of anilines is 1. The Kier molecular flexibility index (Phi) is 5.65. The van der Waals surface area contributed by atoms with Gasteiger partial charge in [-0.2, -0.15) is 0 Å². The molecule has 0 atom stereocenters. The number of hydrogen-bond donors (Lipinski definition) is 2. The number of carbonyl (C=O) groups excluding carboxylic acids is 2. The monoisotopic (exact) mass is 337 g/mol. The quantitative estimate of drug-likeness (QED) is 0.593. The average Bonchev–Trinajstić information content (AvgIpc) is 3.29. The minimum atomic E-state index is -0.910. The summed E-state index contributed by atoms with van der Waals surface area (Å²) in [5, 5.41) is 6.33. The molecule has 0 aromatic heterocycles. The molecule has 1 fully saturated rings. The summed E-state index contributed by atoms with van der Waals surface area (Å²) in [7, 11) is 3.98. The van der Waals surface area contributed by atoms with Crippen LogP contribution in [0.25, 0.3) is 0 Å². The number of amides is 2. The Labute approximate surface area is 142 Å². The summed E-state index contributed by atoms with van der Waals surface area (Å²) in [5.41, 5.74) is 0.561. The standard InChI is InChI=1S/C17H24ClN3O2/c1-12-13(18)6-4-7-14(12)20-16(23)17(8-9-17)15(22)19-10-5-11-21(2)3/h4,6-7H,5,8-11H2,1-3H3,(H,19,22)(H,20,23). The first-order chi connectivity index (χ1) is 10.9. The molecule has 1 aromatic carbocycles. The fourth-order valence-corrected chi connectivity index (χ4v) is 2.61. The maximum Gasteiger partial charge on any atom is 0.240 e. The SMILES string of the molecule is Cc1c(Cl)cccc1NC(=O)C1(C(=O)NCCCN(C)C)CC1. The Balaban J connectivity index is 1.93. The molecule has 0 saturated heterocycles. The maximum absolute atomic E-state index is 12.5. The molecule has 126 valence electrons. The van der Waals surface area contributed by atoms with E-state index >= 15 is 0 Å². The van der Waals surface area contributed by atoms with Crippen molar-refractivity contribution >= 4 is 29.1 Å². The Morgan fingerprint density at radius 1 is 1.26 bits per heavy atom. The van der Waals surface area contributed by atoms with Crippen molar-refractivity contribution in [2.75, 3.05) is 32.5 Å². The highest BCUT2D eigenvalue weighted by Gasteiger charge is 2.56. The summed E-state index contributed by atoms with van der Waals surface area (Å²) in [5.74, 6) is -0.415. The lowest BCUT2D eigenvalue weighted by Crippen LogP contribution is -2.40. The van der Waals surface area contributed by atoms with Crippen molar-refractivity contribution in [2.24, 2.45) is 5.41 Å². The molecule has 0 bridgehead atoms. The molecular weight excluding hydrogens is 314 g/mol. The topological polar surface area (TPSA) is 61.4 Å². The van der Waals surface area contributed by atoms with E-state index < -0.39 is 5.41 Å². The largest absolute Gasteiger partial charge is 0.355 e. The third-order valence-electron chi connectivity index (χ3n) is 4.20. The Hall–Kier alpha value is -1.59. The fourth-order valence-electron chi connectivity index (χ4n) is 2.43. The van der Waals surface area contributed by atoms with Gasteiger partial charge in [-0.3, -0.25) is 9.59 Å². The van der Waals surface area contributed by atoms with Crippen LogP contribution in [-0.2, 0) is 9.59 Å². The van der Waals surface area contributed by atoms with Gasteiger partial charge < -0.3 is 15.5 Å². The van der Waals surface area contributed by atoms with Crippen LogP contribution in [0, 0.1) is 12.3 Å². The first-order valence-corrected chi connectivity index (χ1v) is 8.24. The van der Waals surface area contributed by atoms with Crippen LogP contribution in [0.2, 0.25) is 5.02 Å². The molecule has 0 heterocycles. The van der Waals surface area contributed by atoms with Gasteiger partial charge in [0.05, 0.1) is 0 Å². The molecule has 1 saturated carbocycles. The lowest BCUT2D eigenvalue weighted by Gasteiger charge is -2.17. The second-order valence-electron chi connectivity index (χ2n) is 6.36. The van der Waals surface area contributed by atoms with E-state index in [1.807, 2.05) is 21.0 Å². The van der Waals surface area contributed by atoms with Crippen molar-refractivity contribution in [2.45, 2.75) is 26.2 Å². The number of carbonyl (C=O) groups is 2. The molecule has 1 aromatic rings. The third-order valence-corrected chi connectivity index (χ3v) is 4.61. The molecular formula is C17H24ClN3O2. The minimum Gasteiger partial charge on any atom is -0.355 e. The number of nitrogens with zero attached hydrogens (tertiary/aromatic N) is 1. The van der Waals surface area contributed by atoms with E-state index in [4.69, 9.17) is 11.6 Å². The summed E-state index contributed by atoms with van der Waals surface area (Å²) >= 11 is 6.07. The molecule has 1 aliphatic rings. The van der Waals surface area contributed by atoms with Crippen LogP contribution in [0.1, 0.15) is 24.8 Å². The molecule has 2 rings (SSSR count). The van der Waals surface area contributed by atoms with Crippen LogP contribution in [0.5, 0.6) is 0 Å². The zero-order valence-corrected chi connectivity index (χ0v) is 14.7. The molecule has 1 aliphatic carbocycles. The molecule has 5 nitrogen and oxygen atoms in total. The van der Waals surface area contributed by atoms with Crippen molar-refractivity contribution in [1.29, 1.82) is 0 Å². The van der Waals surface area contributed by atoms with Gasteiger partial charge >= 0.3 is 0 Å². The van der Waals surface area contributed by atoms with Crippen LogP contribution >= 0.6 is 11.6 Å². The third kappa shape index (κ3) is 4.24. The van der Waals surface area contributed by atoms with E-state index in [9.17, 15) is 9.59 Å². The normalized spacial score (nSPS) is 15.3. The summed E-state index contributed by atoms with van der Waals surface area (Å²) < 4.78 is 0. The van der Waals surface area contributed by atoms with Crippen LogP contribution in [-0.4, -0.2) is 43.9 Å². The van der Waals surface area contributed by atoms with Crippen molar-refractivity contribution in [3.05, 3.63) is 28.8 Å². The van der Waals surface area contributed by atoms with Crippen LogP contribution < -0.4 is 10.6 Å².